The highest BCUT2D eigenvalue weighted by Crippen LogP contribution is 2.39. The molecule has 0 radical (unpaired) electrons. The summed E-state index contributed by atoms with van der Waals surface area (Å²) >= 11 is 0. The van der Waals surface area contributed by atoms with Gasteiger partial charge in [-0.1, -0.05) is 11.8 Å². The Bertz CT molecular complexity index is 858. The lowest BCUT2D eigenvalue weighted by molar-refractivity contribution is 0.0957. The van der Waals surface area contributed by atoms with E-state index < -0.39 is 0 Å². The van der Waals surface area contributed by atoms with Gasteiger partial charge >= 0.3 is 0 Å². The van der Waals surface area contributed by atoms with E-state index in [1.807, 2.05) is 39.8 Å². The van der Waals surface area contributed by atoms with Gasteiger partial charge < -0.3 is 24.3 Å². The molecule has 0 aliphatic heterocycles. The molecular formula is C23H28N2O5. The van der Waals surface area contributed by atoms with Gasteiger partial charge in [-0.25, -0.2) is 0 Å². The molecule has 7 heteroatoms. The maximum atomic E-state index is 12.5. The van der Waals surface area contributed by atoms with E-state index in [9.17, 15) is 4.79 Å². The predicted octanol–water partition coefficient (Wildman–Crippen LogP) is 3.40. The number of benzene rings is 1. The molecule has 0 aliphatic carbocycles. The second-order valence-corrected chi connectivity index (χ2v) is 6.06. The van der Waals surface area contributed by atoms with Gasteiger partial charge in [-0.05, 0) is 52.0 Å². The first-order valence-corrected chi connectivity index (χ1v) is 9.94. The molecule has 0 saturated heterocycles. The number of aromatic nitrogens is 1. The minimum Gasteiger partial charge on any atom is -0.490 e. The van der Waals surface area contributed by atoms with Gasteiger partial charge in [0.05, 0.1) is 32.6 Å². The maximum absolute atomic E-state index is 12.5. The van der Waals surface area contributed by atoms with Gasteiger partial charge in [0.2, 0.25) is 5.75 Å². The van der Waals surface area contributed by atoms with Crippen LogP contribution in [0.5, 0.6) is 23.0 Å². The third-order valence-corrected chi connectivity index (χ3v) is 3.83. The number of hydrogen-bond acceptors (Lipinski definition) is 6. The SMILES string of the molecule is CCOc1cc(C(=O)NCC#CCOc2ccc(C)nc2)cc(OCC)c1OCC. The van der Waals surface area contributed by atoms with E-state index in [2.05, 4.69) is 22.1 Å². The number of amides is 1. The van der Waals surface area contributed by atoms with Gasteiger partial charge in [0.1, 0.15) is 12.4 Å². The van der Waals surface area contributed by atoms with Crippen molar-refractivity contribution in [3.63, 3.8) is 0 Å². The average molecular weight is 412 g/mol. The normalized spacial score (nSPS) is 9.87. The number of carbonyl (C=O) groups is 1. The smallest absolute Gasteiger partial charge is 0.252 e. The Morgan fingerprint density at radius 3 is 2.20 bits per heavy atom. The molecule has 0 atom stereocenters. The van der Waals surface area contributed by atoms with Crippen molar-refractivity contribution in [1.82, 2.24) is 10.3 Å². The minimum atomic E-state index is -0.280. The number of aryl methyl sites for hydroxylation is 1. The molecule has 2 rings (SSSR count). The molecule has 0 spiro atoms. The molecule has 0 bridgehead atoms. The predicted molar refractivity (Wildman–Crippen MR) is 115 cm³/mol. The lowest BCUT2D eigenvalue weighted by Crippen LogP contribution is -2.24. The first-order chi connectivity index (χ1) is 14.6. The van der Waals surface area contributed by atoms with Gasteiger partial charge in [0, 0.05) is 11.3 Å². The summed E-state index contributed by atoms with van der Waals surface area (Å²) in [5.41, 5.74) is 1.33. The molecule has 30 heavy (non-hydrogen) atoms. The monoisotopic (exact) mass is 412 g/mol. The summed E-state index contributed by atoms with van der Waals surface area (Å²) in [7, 11) is 0. The highest BCUT2D eigenvalue weighted by atomic mass is 16.5. The summed E-state index contributed by atoms with van der Waals surface area (Å²) in [4.78, 5) is 16.7. The van der Waals surface area contributed by atoms with Crippen LogP contribution >= 0.6 is 0 Å². The van der Waals surface area contributed by atoms with E-state index in [1.165, 1.54) is 0 Å². The van der Waals surface area contributed by atoms with Crippen molar-refractivity contribution in [2.75, 3.05) is 33.0 Å². The number of nitrogens with one attached hydrogen (secondary N) is 1. The zero-order chi connectivity index (χ0) is 21.8. The van der Waals surface area contributed by atoms with Gasteiger partial charge in [0.15, 0.2) is 11.5 Å². The van der Waals surface area contributed by atoms with Crippen LogP contribution in [-0.4, -0.2) is 43.9 Å². The molecule has 2 aromatic rings. The molecule has 0 saturated carbocycles. The van der Waals surface area contributed by atoms with Crippen LogP contribution in [-0.2, 0) is 0 Å². The number of nitrogens with zero attached hydrogens (tertiary/aromatic N) is 1. The van der Waals surface area contributed by atoms with E-state index in [4.69, 9.17) is 18.9 Å². The van der Waals surface area contributed by atoms with Gasteiger partial charge in [0.25, 0.3) is 5.91 Å². The van der Waals surface area contributed by atoms with E-state index in [-0.39, 0.29) is 19.1 Å². The zero-order valence-corrected chi connectivity index (χ0v) is 17.9. The van der Waals surface area contributed by atoms with Crippen LogP contribution in [0.25, 0.3) is 0 Å². The number of pyridine rings is 1. The highest BCUT2D eigenvalue weighted by molar-refractivity contribution is 5.95. The van der Waals surface area contributed by atoms with Crippen molar-refractivity contribution in [2.45, 2.75) is 27.7 Å². The maximum Gasteiger partial charge on any atom is 0.252 e. The van der Waals surface area contributed by atoms with Crippen LogP contribution < -0.4 is 24.3 Å². The average Bonchev–Trinajstić information content (AvgIpc) is 2.74. The van der Waals surface area contributed by atoms with Crippen LogP contribution in [0.4, 0.5) is 0 Å². The number of carbonyl (C=O) groups excluding carboxylic acids is 1. The molecule has 1 N–H and O–H groups in total. The van der Waals surface area contributed by atoms with E-state index in [1.54, 1.807) is 18.3 Å². The van der Waals surface area contributed by atoms with Crippen molar-refractivity contribution >= 4 is 5.91 Å². The highest BCUT2D eigenvalue weighted by Gasteiger charge is 2.18. The van der Waals surface area contributed by atoms with Crippen LogP contribution in [0.15, 0.2) is 30.5 Å². The second-order valence-electron chi connectivity index (χ2n) is 6.06. The molecular weight excluding hydrogens is 384 g/mol. The molecule has 1 amide bonds. The van der Waals surface area contributed by atoms with E-state index >= 15 is 0 Å². The van der Waals surface area contributed by atoms with Crippen molar-refractivity contribution < 1.29 is 23.7 Å². The fourth-order valence-corrected chi connectivity index (χ4v) is 2.52. The lowest BCUT2D eigenvalue weighted by atomic mass is 10.1. The summed E-state index contributed by atoms with van der Waals surface area (Å²) in [5, 5.41) is 2.76. The third kappa shape index (κ3) is 6.89. The third-order valence-electron chi connectivity index (χ3n) is 3.83. The van der Waals surface area contributed by atoms with Crippen molar-refractivity contribution in [1.29, 1.82) is 0 Å². The van der Waals surface area contributed by atoms with Crippen molar-refractivity contribution in [3.8, 4) is 34.8 Å². The summed E-state index contributed by atoms with van der Waals surface area (Å²) in [6.45, 7) is 9.27. The molecule has 1 heterocycles. The topological polar surface area (TPSA) is 78.9 Å². The number of ether oxygens (including phenoxy) is 4. The Balaban J connectivity index is 1.98. The summed E-state index contributed by atoms with van der Waals surface area (Å²) in [5.74, 6) is 7.55. The first-order valence-electron chi connectivity index (χ1n) is 9.94. The van der Waals surface area contributed by atoms with Crippen molar-refractivity contribution in [3.05, 3.63) is 41.7 Å². The van der Waals surface area contributed by atoms with Crippen LogP contribution in [0.2, 0.25) is 0 Å². The molecule has 0 unspecified atom stereocenters. The van der Waals surface area contributed by atoms with Crippen LogP contribution in [0, 0.1) is 18.8 Å². The molecule has 160 valence electrons. The number of hydrogen-bond donors (Lipinski definition) is 1. The fourth-order valence-electron chi connectivity index (χ4n) is 2.52. The van der Waals surface area contributed by atoms with Crippen LogP contribution in [0.1, 0.15) is 36.8 Å². The van der Waals surface area contributed by atoms with Gasteiger partial charge in [-0.3, -0.25) is 9.78 Å². The first kappa shape index (κ1) is 22.9. The molecule has 1 aromatic heterocycles. The van der Waals surface area contributed by atoms with Gasteiger partial charge in [-0.2, -0.15) is 0 Å². The largest absolute Gasteiger partial charge is 0.490 e. The second kappa shape index (κ2) is 12.2. The standard InChI is InChI=1S/C23H28N2O5/c1-5-27-20-14-18(15-21(28-6-2)22(20)29-7-3)23(26)24-12-8-9-13-30-19-11-10-17(4)25-16-19/h10-11,14-16H,5-7,12-13H2,1-4H3,(H,24,26). The van der Waals surface area contributed by atoms with E-state index in [0.717, 1.165) is 5.69 Å². The molecule has 0 aliphatic rings. The van der Waals surface area contributed by atoms with E-state index in [0.29, 0.717) is 48.4 Å². The minimum absolute atomic E-state index is 0.190. The van der Waals surface area contributed by atoms with Crippen LogP contribution in [0.3, 0.4) is 0 Å². The summed E-state index contributed by atoms with van der Waals surface area (Å²) < 4.78 is 22.4. The van der Waals surface area contributed by atoms with Gasteiger partial charge in [-0.15, -0.1) is 0 Å². The Kier molecular flexibility index (Phi) is 9.32. The Labute approximate surface area is 177 Å². The fraction of sp³-hybridized carbons (Fsp3) is 0.391. The Morgan fingerprint density at radius 2 is 1.63 bits per heavy atom. The zero-order valence-electron chi connectivity index (χ0n) is 17.9. The molecule has 7 nitrogen and oxygen atoms in total. The Morgan fingerprint density at radius 1 is 0.967 bits per heavy atom. The number of rotatable bonds is 10. The Hall–Kier alpha value is -3.40. The quantitative estimate of drug-likeness (QED) is 0.603. The lowest BCUT2D eigenvalue weighted by Gasteiger charge is -2.16. The molecule has 1 aromatic carbocycles. The van der Waals surface area contributed by atoms with Crippen molar-refractivity contribution in [2.24, 2.45) is 0 Å². The molecule has 0 fully saturated rings. The summed E-state index contributed by atoms with van der Waals surface area (Å²) in [6.07, 6.45) is 1.65. The summed E-state index contributed by atoms with van der Waals surface area (Å²) in [6, 6.07) is 7.00.